The van der Waals surface area contributed by atoms with Gasteiger partial charge in [-0.15, -0.1) is 9.72 Å². The van der Waals surface area contributed by atoms with E-state index in [2.05, 4.69) is 9.72 Å². The van der Waals surface area contributed by atoms with Gasteiger partial charge in [-0.2, -0.15) is 0 Å². The fourth-order valence-corrected chi connectivity index (χ4v) is 9.85. The number of para-hydroxylation sites is 5. The third-order valence-corrected chi connectivity index (χ3v) is 11.7. The molecule has 0 bridgehead atoms. The van der Waals surface area contributed by atoms with E-state index in [0.717, 1.165) is 0 Å². The van der Waals surface area contributed by atoms with Gasteiger partial charge in [0.15, 0.2) is 0 Å². The highest BCUT2D eigenvalue weighted by Crippen LogP contribution is 2.61. The van der Waals surface area contributed by atoms with Gasteiger partial charge in [-0.3, -0.25) is 0 Å². The first kappa shape index (κ1) is 30.2. The number of hydrogen-bond donors (Lipinski definition) is 2. The van der Waals surface area contributed by atoms with Crippen molar-refractivity contribution in [3.05, 3.63) is 152 Å². The molecule has 0 aromatic heterocycles. The third kappa shape index (κ3) is 9.10. The van der Waals surface area contributed by atoms with Crippen LogP contribution in [0.4, 0.5) is 0 Å². The van der Waals surface area contributed by atoms with Crippen LogP contribution in [0.15, 0.2) is 152 Å². The van der Waals surface area contributed by atoms with E-state index in [-0.39, 0.29) is 28.7 Å². The van der Waals surface area contributed by atoms with Crippen molar-refractivity contribution in [1.29, 1.82) is 0 Å². The fraction of sp³-hybridized carbons (Fsp3) is 0. The number of rotatable bonds is 14. The Morgan fingerprint density at radius 2 is 0.535 bits per heavy atom. The highest BCUT2D eigenvalue weighted by atomic mass is 31.3. The summed E-state index contributed by atoms with van der Waals surface area (Å²) in [5.41, 5.74) is 0. The van der Waals surface area contributed by atoms with E-state index in [1.165, 1.54) is 12.1 Å². The van der Waals surface area contributed by atoms with Gasteiger partial charge in [0.1, 0.15) is 28.7 Å². The molecule has 0 aliphatic rings. The number of benzene rings is 5. The summed E-state index contributed by atoms with van der Waals surface area (Å²) in [6.45, 7) is 0. The lowest BCUT2D eigenvalue weighted by molar-refractivity contribution is 0.368. The van der Waals surface area contributed by atoms with Crippen molar-refractivity contribution in [3.8, 4) is 28.7 Å². The van der Waals surface area contributed by atoms with E-state index in [9.17, 15) is 13.7 Å². The van der Waals surface area contributed by atoms with Crippen molar-refractivity contribution in [1.82, 2.24) is 9.72 Å². The van der Waals surface area contributed by atoms with E-state index >= 15 is 0 Å². The van der Waals surface area contributed by atoms with Gasteiger partial charge < -0.3 is 22.6 Å². The molecule has 0 spiro atoms. The van der Waals surface area contributed by atoms with Crippen LogP contribution in [-0.2, 0) is 13.7 Å². The maximum atomic E-state index is 14.7. The second-order valence-electron chi connectivity index (χ2n) is 8.77. The predicted molar refractivity (Wildman–Crippen MR) is 164 cm³/mol. The third-order valence-electron chi connectivity index (χ3n) is 5.36. The minimum absolute atomic E-state index is 0.0859. The summed E-state index contributed by atoms with van der Waals surface area (Å²) in [4.78, 5) is 4.76. The van der Waals surface area contributed by atoms with E-state index in [1.807, 2.05) is 0 Å². The molecule has 5 aromatic carbocycles. The second-order valence-corrected chi connectivity index (χ2v) is 14.4. The summed E-state index contributed by atoms with van der Waals surface area (Å²) in [6, 6.07) is 40.6. The molecule has 0 heterocycles. The maximum absolute atomic E-state index is 14.7. The van der Waals surface area contributed by atoms with Crippen LogP contribution in [0.1, 0.15) is 0 Å². The quantitative estimate of drug-likeness (QED) is 0.114. The summed E-state index contributed by atoms with van der Waals surface area (Å²) in [5, 5.41) is 0. The molecule has 0 atom stereocenters. The van der Waals surface area contributed by atoms with Crippen LogP contribution >= 0.6 is 23.2 Å². The molecule has 0 aliphatic heterocycles. The summed E-state index contributed by atoms with van der Waals surface area (Å²) in [6.07, 6.45) is 0. The maximum Gasteiger partial charge on any atom is 0.522 e. The van der Waals surface area contributed by atoms with Gasteiger partial charge in [0.2, 0.25) is 0 Å². The molecule has 0 saturated heterocycles. The smallest absolute Gasteiger partial charge is 0.421 e. The Morgan fingerprint density at radius 3 is 0.767 bits per heavy atom. The Balaban J connectivity index is 1.55. The van der Waals surface area contributed by atoms with Crippen molar-refractivity contribution in [2.45, 2.75) is 0 Å². The molecule has 5 rings (SSSR count). The fourth-order valence-electron chi connectivity index (χ4n) is 3.61. The van der Waals surface area contributed by atoms with Gasteiger partial charge in [-0.05, 0) is 60.7 Å². The van der Waals surface area contributed by atoms with E-state index in [4.69, 9.17) is 22.6 Å². The summed E-state index contributed by atoms with van der Waals surface area (Å²) in [7, 11) is -14.0. The molecule has 43 heavy (non-hydrogen) atoms. The number of nitrogens with one attached hydrogen (secondary N) is 2. The standard InChI is InChI=1S/C30H27N2O8P3/c33-41(36-26-16-6-1-7-17-26,31-42(34,37-27-18-8-2-9-19-27)38-28-20-10-3-11-21-28)32-43(35,39-29-22-12-4-13-23-29)40-30-24-14-5-15-25-30/h1-25H,(H2,31,32,33,34,35). The van der Waals surface area contributed by atoms with Crippen LogP contribution in [0.2, 0.25) is 0 Å². The van der Waals surface area contributed by atoms with Crippen molar-refractivity contribution < 1.29 is 36.3 Å². The monoisotopic (exact) mass is 636 g/mol. The van der Waals surface area contributed by atoms with Crippen LogP contribution < -0.4 is 32.3 Å². The Labute approximate surface area is 249 Å². The molecular weight excluding hydrogens is 609 g/mol. The van der Waals surface area contributed by atoms with Crippen LogP contribution in [0.25, 0.3) is 0 Å². The van der Waals surface area contributed by atoms with Gasteiger partial charge in [0, 0.05) is 0 Å². The average molecular weight is 636 g/mol. The minimum Gasteiger partial charge on any atom is -0.421 e. The van der Waals surface area contributed by atoms with Crippen molar-refractivity contribution in [2.24, 2.45) is 0 Å². The molecular formula is C30H27N2O8P3. The van der Waals surface area contributed by atoms with E-state index in [1.54, 1.807) is 140 Å². The zero-order valence-corrected chi connectivity index (χ0v) is 25.2. The van der Waals surface area contributed by atoms with Crippen molar-refractivity contribution in [2.75, 3.05) is 0 Å². The molecule has 0 aliphatic carbocycles. The summed E-state index contributed by atoms with van der Waals surface area (Å²) >= 11 is 0. The Bertz CT molecular complexity index is 1530. The zero-order chi connectivity index (χ0) is 30.0. The molecule has 0 unspecified atom stereocenters. The first-order chi connectivity index (χ1) is 20.8. The first-order valence-corrected chi connectivity index (χ1v) is 17.6. The lowest BCUT2D eigenvalue weighted by Crippen LogP contribution is -2.28. The highest BCUT2D eigenvalue weighted by molar-refractivity contribution is 7.76. The molecule has 0 radical (unpaired) electrons. The normalized spacial score (nSPS) is 11.7. The molecule has 0 saturated carbocycles. The lowest BCUT2D eigenvalue weighted by atomic mass is 10.3. The van der Waals surface area contributed by atoms with E-state index < -0.39 is 23.2 Å². The summed E-state index contributed by atoms with van der Waals surface area (Å²) < 4.78 is 72.2. The largest absolute Gasteiger partial charge is 0.522 e. The van der Waals surface area contributed by atoms with Gasteiger partial charge in [-0.25, -0.2) is 13.7 Å². The van der Waals surface area contributed by atoms with Gasteiger partial charge in [-0.1, -0.05) is 91.0 Å². The first-order valence-electron chi connectivity index (χ1n) is 12.9. The molecule has 0 amide bonds. The van der Waals surface area contributed by atoms with E-state index in [0.29, 0.717) is 0 Å². The van der Waals surface area contributed by atoms with Crippen molar-refractivity contribution in [3.63, 3.8) is 0 Å². The lowest BCUT2D eigenvalue weighted by Gasteiger charge is -2.28. The molecule has 10 nitrogen and oxygen atoms in total. The topological polar surface area (TPSA) is 121 Å². The number of hydrogen-bond acceptors (Lipinski definition) is 8. The van der Waals surface area contributed by atoms with Gasteiger partial charge in [0.25, 0.3) is 0 Å². The molecule has 2 N–H and O–H groups in total. The zero-order valence-electron chi connectivity index (χ0n) is 22.5. The molecule has 13 heteroatoms. The van der Waals surface area contributed by atoms with Gasteiger partial charge >= 0.3 is 23.2 Å². The van der Waals surface area contributed by atoms with Gasteiger partial charge in [0.05, 0.1) is 0 Å². The SMILES string of the molecule is O=P(NP(=O)(Oc1ccccc1)Oc1ccccc1)(NP(=O)(Oc1ccccc1)Oc1ccccc1)Oc1ccccc1. The minimum atomic E-state index is -4.76. The highest BCUT2D eigenvalue weighted by Gasteiger charge is 2.47. The molecule has 5 aromatic rings. The van der Waals surface area contributed by atoms with Crippen LogP contribution in [-0.4, -0.2) is 0 Å². The van der Waals surface area contributed by atoms with Crippen molar-refractivity contribution >= 4 is 23.2 Å². The Kier molecular flexibility index (Phi) is 9.68. The summed E-state index contributed by atoms with van der Waals surface area (Å²) in [5.74, 6) is 0.659. The molecule has 220 valence electrons. The predicted octanol–water partition coefficient (Wildman–Crippen LogP) is 8.88. The molecule has 0 fully saturated rings. The van der Waals surface area contributed by atoms with Crippen LogP contribution in [0, 0.1) is 0 Å². The Hall–Kier alpha value is -4.29. The second kappa shape index (κ2) is 13.8. The van der Waals surface area contributed by atoms with Crippen LogP contribution in [0.3, 0.4) is 0 Å². The Morgan fingerprint density at radius 1 is 0.326 bits per heavy atom. The van der Waals surface area contributed by atoms with Crippen LogP contribution in [0.5, 0.6) is 28.7 Å². The average Bonchev–Trinajstić information content (AvgIpc) is 2.99.